The molecular weight excluding hydrogens is 510 g/mol. The second kappa shape index (κ2) is 13.4. The minimum absolute atomic E-state index is 0.175. The SMILES string of the molecule is CC(C)(C)[C@H](c1cc(-c2cc(F)ccc2F)cn1CCc1ccccc1)N(C=CCl)CCCNNC(=O)O. The molecule has 38 heavy (non-hydrogen) atoms. The predicted octanol–water partition coefficient (Wildman–Crippen LogP) is 6.94. The summed E-state index contributed by atoms with van der Waals surface area (Å²) in [5, 5.41) is 8.78. The van der Waals surface area contributed by atoms with Crippen molar-refractivity contribution in [2.75, 3.05) is 13.1 Å². The average molecular weight is 545 g/mol. The van der Waals surface area contributed by atoms with Crippen LogP contribution in [0.1, 0.15) is 44.5 Å². The number of halogens is 3. The molecule has 0 saturated heterocycles. The van der Waals surface area contributed by atoms with Crippen LogP contribution in [0.15, 0.2) is 72.5 Å². The van der Waals surface area contributed by atoms with Crippen molar-refractivity contribution in [2.24, 2.45) is 5.41 Å². The van der Waals surface area contributed by atoms with Crippen LogP contribution >= 0.6 is 11.6 Å². The maximum absolute atomic E-state index is 14.8. The highest BCUT2D eigenvalue weighted by Crippen LogP contribution is 2.41. The molecule has 0 bridgehead atoms. The van der Waals surface area contributed by atoms with Gasteiger partial charge < -0.3 is 14.6 Å². The topological polar surface area (TPSA) is 69.5 Å². The molecule has 2 aromatic carbocycles. The van der Waals surface area contributed by atoms with Crippen molar-refractivity contribution in [3.8, 4) is 11.1 Å². The number of aryl methyl sites for hydroxylation is 2. The van der Waals surface area contributed by atoms with Crippen LogP contribution in [0.3, 0.4) is 0 Å². The van der Waals surface area contributed by atoms with Gasteiger partial charge in [0.2, 0.25) is 0 Å². The summed E-state index contributed by atoms with van der Waals surface area (Å²) in [5.41, 5.74) is 8.92. The summed E-state index contributed by atoms with van der Waals surface area (Å²) in [6, 6.07) is 15.3. The highest BCUT2D eigenvalue weighted by molar-refractivity contribution is 6.25. The monoisotopic (exact) mass is 544 g/mol. The molecule has 6 nitrogen and oxygen atoms in total. The summed E-state index contributed by atoms with van der Waals surface area (Å²) in [5.74, 6) is -0.985. The number of carboxylic acid groups (broad SMARTS) is 1. The largest absolute Gasteiger partial charge is 0.464 e. The van der Waals surface area contributed by atoms with Gasteiger partial charge in [-0.2, -0.15) is 0 Å². The van der Waals surface area contributed by atoms with Crippen LogP contribution in [-0.4, -0.2) is 33.8 Å². The second-order valence-electron chi connectivity index (χ2n) is 10.2. The van der Waals surface area contributed by atoms with Gasteiger partial charge in [-0.05, 0) is 48.1 Å². The Morgan fingerprint density at radius 1 is 1.16 bits per heavy atom. The molecule has 3 rings (SSSR count). The number of nitrogens with one attached hydrogen (secondary N) is 2. The summed E-state index contributed by atoms with van der Waals surface area (Å²) in [6.07, 6.45) is 3.93. The summed E-state index contributed by atoms with van der Waals surface area (Å²) >= 11 is 6.05. The van der Waals surface area contributed by atoms with E-state index in [0.29, 0.717) is 31.6 Å². The normalized spacial score (nSPS) is 12.6. The van der Waals surface area contributed by atoms with E-state index in [2.05, 4.69) is 53.2 Å². The Balaban J connectivity index is 2.01. The number of hydrazine groups is 1. The van der Waals surface area contributed by atoms with Crippen LogP contribution in [0.4, 0.5) is 13.6 Å². The average Bonchev–Trinajstić information content (AvgIpc) is 3.26. The van der Waals surface area contributed by atoms with E-state index in [0.717, 1.165) is 24.2 Å². The van der Waals surface area contributed by atoms with Crippen LogP contribution in [0.5, 0.6) is 0 Å². The molecule has 0 unspecified atom stereocenters. The third kappa shape index (κ3) is 8.07. The standard InChI is InChI=1S/C29H35ClF2N4O2/c1-29(2,3)27(35(17-13-30)15-7-14-33-34-28(37)38)26-18-22(24-19-23(31)10-11-25(24)32)20-36(26)16-12-21-8-5-4-6-9-21/h4-6,8-11,13,17-20,27,33-34H,7,12,14-16H2,1-3H3,(H,37,38)/t27-/m0/s1. The van der Waals surface area contributed by atoms with Gasteiger partial charge in [-0.3, -0.25) is 5.43 Å². The Morgan fingerprint density at radius 2 is 1.89 bits per heavy atom. The molecule has 0 fully saturated rings. The number of nitrogens with zero attached hydrogens (tertiary/aromatic N) is 2. The minimum atomic E-state index is -1.15. The number of amides is 1. The maximum atomic E-state index is 14.8. The van der Waals surface area contributed by atoms with Crippen molar-refractivity contribution in [2.45, 2.75) is 46.2 Å². The minimum Gasteiger partial charge on any atom is -0.464 e. The van der Waals surface area contributed by atoms with Crippen LogP contribution in [-0.2, 0) is 13.0 Å². The fraction of sp³-hybridized carbons (Fsp3) is 0.345. The van der Waals surface area contributed by atoms with Gasteiger partial charge in [-0.15, -0.1) is 0 Å². The zero-order valence-corrected chi connectivity index (χ0v) is 22.7. The van der Waals surface area contributed by atoms with E-state index in [9.17, 15) is 13.6 Å². The molecule has 204 valence electrons. The highest BCUT2D eigenvalue weighted by atomic mass is 35.5. The molecule has 0 aliphatic carbocycles. The van der Waals surface area contributed by atoms with Crippen molar-refractivity contribution in [3.63, 3.8) is 0 Å². The maximum Gasteiger partial charge on any atom is 0.419 e. The van der Waals surface area contributed by atoms with E-state index >= 15 is 0 Å². The van der Waals surface area contributed by atoms with Crippen molar-refractivity contribution in [1.82, 2.24) is 20.3 Å². The van der Waals surface area contributed by atoms with Gasteiger partial charge in [-0.25, -0.2) is 19.0 Å². The number of hydrogen-bond acceptors (Lipinski definition) is 3. The Kier molecular flexibility index (Phi) is 10.3. The molecule has 0 aliphatic rings. The molecule has 0 radical (unpaired) electrons. The molecular formula is C29H35ClF2N4O2. The summed E-state index contributed by atoms with van der Waals surface area (Å²) in [4.78, 5) is 12.8. The third-order valence-corrected chi connectivity index (χ3v) is 6.36. The van der Waals surface area contributed by atoms with E-state index in [4.69, 9.17) is 16.7 Å². The molecule has 1 aromatic heterocycles. The lowest BCUT2D eigenvalue weighted by atomic mass is 9.83. The molecule has 1 heterocycles. The van der Waals surface area contributed by atoms with Crippen LogP contribution in [0.25, 0.3) is 11.1 Å². The number of hydrogen-bond donors (Lipinski definition) is 3. The fourth-order valence-electron chi connectivity index (χ4n) is 4.67. The third-order valence-electron chi connectivity index (χ3n) is 6.25. The van der Waals surface area contributed by atoms with Gasteiger partial charge in [0.15, 0.2) is 0 Å². The molecule has 0 spiro atoms. The lowest BCUT2D eigenvalue weighted by Crippen LogP contribution is -2.39. The second-order valence-corrected chi connectivity index (χ2v) is 10.5. The molecule has 1 amide bonds. The zero-order valence-electron chi connectivity index (χ0n) is 21.9. The predicted molar refractivity (Wildman–Crippen MR) is 148 cm³/mol. The molecule has 0 aliphatic heterocycles. The quantitative estimate of drug-likeness (QED) is 0.171. The first-order valence-electron chi connectivity index (χ1n) is 12.5. The molecule has 0 saturated carbocycles. The van der Waals surface area contributed by atoms with Gasteiger partial charge in [-0.1, -0.05) is 62.7 Å². The lowest BCUT2D eigenvalue weighted by molar-refractivity contribution is 0.137. The summed E-state index contributed by atoms with van der Waals surface area (Å²) < 4.78 is 31.0. The van der Waals surface area contributed by atoms with E-state index in [1.807, 2.05) is 30.5 Å². The number of rotatable bonds is 12. The van der Waals surface area contributed by atoms with Crippen LogP contribution < -0.4 is 10.9 Å². The zero-order chi connectivity index (χ0) is 27.7. The van der Waals surface area contributed by atoms with Crippen molar-refractivity contribution in [3.05, 3.63) is 95.4 Å². The van der Waals surface area contributed by atoms with Crippen molar-refractivity contribution >= 4 is 17.7 Å². The Hall–Kier alpha value is -3.36. The summed E-state index contributed by atoms with van der Waals surface area (Å²) in [6.45, 7) is 8.00. The van der Waals surface area contributed by atoms with Crippen molar-refractivity contribution in [1.29, 1.82) is 0 Å². The Labute approximate surface area is 227 Å². The molecule has 3 N–H and O–H groups in total. The van der Waals surface area contributed by atoms with Crippen molar-refractivity contribution < 1.29 is 18.7 Å². The number of aromatic nitrogens is 1. The fourth-order valence-corrected chi connectivity index (χ4v) is 4.82. The lowest BCUT2D eigenvalue weighted by Gasteiger charge is -2.40. The first-order valence-corrected chi connectivity index (χ1v) is 13.0. The van der Waals surface area contributed by atoms with Gasteiger partial charge in [0.05, 0.1) is 6.04 Å². The van der Waals surface area contributed by atoms with E-state index in [-0.39, 0.29) is 17.0 Å². The summed E-state index contributed by atoms with van der Waals surface area (Å²) in [7, 11) is 0. The number of benzene rings is 2. The van der Waals surface area contributed by atoms with Gasteiger partial charge in [0.25, 0.3) is 0 Å². The van der Waals surface area contributed by atoms with Crippen LogP contribution in [0, 0.1) is 17.0 Å². The van der Waals surface area contributed by atoms with Gasteiger partial charge >= 0.3 is 6.09 Å². The molecule has 1 atom stereocenters. The Morgan fingerprint density at radius 3 is 2.55 bits per heavy atom. The van der Waals surface area contributed by atoms with Gasteiger partial charge in [0.1, 0.15) is 11.6 Å². The van der Waals surface area contributed by atoms with Crippen LogP contribution in [0.2, 0.25) is 0 Å². The molecule has 3 aromatic rings. The van der Waals surface area contributed by atoms with Gasteiger partial charge in [0, 0.05) is 54.4 Å². The first kappa shape index (κ1) is 29.2. The highest BCUT2D eigenvalue weighted by Gasteiger charge is 2.33. The van der Waals surface area contributed by atoms with E-state index < -0.39 is 17.7 Å². The van der Waals surface area contributed by atoms with E-state index in [1.54, 1.807) is 6.20 Å². The van der Waals surface area contributed by atoms with E-state index in [1.165, 1.54) is 17.2 Å². The first-order chi connectivity index (χ1) is 18.1. The Bertz CT molecular complexity index is 1230. The smallest absolute Gasteiger partial charge is 0.419 e. The number of carbonyl (C=O) groups is 1. The molecule has 9 heteroatoms.